The number of carbonyl (C=O) groups is 1. The summed E-state index contributed by atoms with van der Waals surface area (Å²) < 4.78 is 14.0. The molecule has 0 unspecified atom stereocenters. The van der Waals surface area contributed by atoms with Crippen molar-refractivity contribution < 1.29 is 9.18 Å². The van der Waals surface area contributed by atoms with Crippen LogP contribution in [0.2, 0.25) is 0 Å². The normalized spacial score (nSPS) is 16.8. The standard InChI is InChI=1S/C22H28FN5O/c1-14(2)6-7-16-13-28(12-11-25-16)19-9-8-17(15(3)23)20(27-19)21(29)18-5-4-10-26-22(18)24/h4-5,8-10,14,16,25H,3,6-7,11-13H2,1-2H3,(H2,24,26)/t16-/m0/s1. The molecular weight excluding hydrogens is 369 g/mol. The van der Waals surface area contributed by atoms with Crippen LogP contribution in [0.4, 0.5) is 16.0 Å². The van der Waals surface area contributed by atoms with E-state index in [0.717, 1.165) is 32.5 Å². The Bertz CT molecular complexity index is 899. The monoisotopic (exact) mass is 397 g/mol. The van der Waals surface area contributed by atoms with E-state index in [1.165, 1.54) is 6.20 Å². The fourth-order valence-corrected chi connectivity index (χ4v) is 3.52. The molecule has 0 spiro atoms. The summed E-state index contributed by atoms with van der Waals surface area (Å²) in [6.07, 6.45) is 3.72. The number of nitrogens with zero attached hydrogens (tertiary/aromatic N) is 3. The fraction of sp³-hybridized carbons (Fsp3) is 0.409. The molecule has 0 amide bonds. The Hall–Kier alpha value is -2.80. The lowest BCUT2D eigenvalue weighted by molar-refractivity contribution is 0.103. The number of hydrogen-bond acceptors (Lipinski definition) is 6. The van der Waals surface area contributed by atoms with E-state index in [-0.39, 0.29) is 22.6 Å². The van der Waals surface area contributed by atoms with Crippen molar-refractivity contribution in [2.45, 2.75) is 32.7 Å². The van der Waals surface area contributed by atoms with Crippen LogP contribution in [-0.4, -0.2) is 41.4 Å². The third kappa shape index (κ3) is 4.98. The molecule has 6 nitrogen and oxygen atoms in total. The molecule has 7 heteroatoms. The maximum Gasteiger partial charge on any atom is 0.215 e. The number of rotatable bonds is 7. The van der Waals surface area contributed by atoms with E-state index in [4.69, 9.17) is 5.73 Å². The van der Waals surface area contributed by atoms with Gasteiger partial charge in [-0.1, -0.05) is 20.4 Å². The molecule has 1 aliphatic heterocycles. The fourth-order valence-electron chi connectivity index (χ4n) is 3.52. The minimum absolute atomic E-state index is 0.00645. The first-order valence-corrected chi connectivity index (χ1v) is 9.96. The molecule has 0 radical (unpaired) electrons. The molecule has 29 heavy (non-hydrogen) atoms. The number of carbonyl (C=O) groups excluding carboxylic acids is 1. The van der Waals surface area contributed by atoms with Gasteiger partial charge in [-0.2, -0.15) is 0 Å². The van der Waals surface area contributed by atoms with Gasteiger partial charge in [0, 0.05) is 37.4 Å². The topological polar surface area (TPSA) is 84.1 Å². The Labute approximate surface area is 171 Å². The molecular formula is C22H28FN5O. The van der Waals surface area contributed by atoms with Crippen LogP contribution in [0, 0.1) is 5.92 Å². The highest BCUT2D eigenvalue weighted by Crippen LogP contribution is 2.26. The van der Waals surface area contributed by atoms with Crippen molar-refractivity contribution >= 4 is 23.2 Å². The molecule has 2 aromatic rings. The van der Waals surface area contributed by atoms with Crippen LogP contribution < -0.4 is 16.0 Å². The summed E-state index contributed by atoms with van der Waals surface area (Å²) >= 11 is 0. The molecule has 3 heterocycles. The van der Waals surface area contributed by atoms with Gasteiger partial charge in [0.15, 0.2) is 0 Å². The second kappa shape index (κ2) is 9.13. The van der Waals surface area contributed by atoms with Crippen molar-refractivity contribution in [1.82, 2.24) is 15.3 Å². The van der Waals surface area contributed by atoms with Gasteiger partial charge in [-0.25, -0.2) is 14.4 Å². The number of nitrogens with one attached hydrogen (secondary N) is 1. The zero-order chi connectivity index (χ0) is 21.0. The number of nitrogen functional groups attached to an aromatic ring is 1. The first-order valence-electron chi connectivity index (χ1n) is 9.96. The number of ketones is 1. The third-order valence-electron chi connectivity index (χ3n) is 5.14. The summed E-state index contributed by atoms with van der Waals surface area (Å²) in [6, 6.07) is 6.85. The molecule has 154 valence electrons. The second-order valence-electron chi connectivity index (χ2n) is 7.80. The molecule has 3 N–H and O–H groups in total. The van der Waals surface area contributed by atoms with E-state index in [0.29, 0.717) is 17.8 Å². The van der Waals surface area contributed by atoms with Crippen LogP contribution >= 0.6 is 0 Å². The quantitative estimate of drug-likeness (QED) is 0.696. The van der Waals surface area contributed by atoms with Gasteiger partial charge in [0.25, 0.3) is 0 Å². The molecule has 0 aliphatic carbocycles. The van der Waals surface area contributed by atoms with Crippen LogP contribution in [0.5, 0.6) is 0 Å². The Kier molecular flexibility index (Phi) is 6.59. The van der Waals surface area contributed by atoms with Gasteiger partial charge < -0.3 is 16.0 Å². The number of anilines is 2. The Morgan fingerprint density at radius 1 is 1.38 bits per heavy atom. The second-order valence-corrected chi connectivity index (χ2v) is 7.80. The maximum atomic E-state index is 14.0. The lowest BCUT2D eigenvalue weighted by Crippen LogP contribution is -2.51. The molecule has 0 saturated carbocycles. The highest BCUT2D eigenvalue weighted by molar-refractivity contribution is 6.12. The number of nitrogens with two attached hydrogens (primary N) is 1. The summed E-state index contributed by atoms with van der Waals surface area (Å²) in [7, 11) is 0. The van der Waals surface area contributed by atoms with E-state index in [9.17, 15) is 9.18 Å². The Morgan fingerprint density at radius 3 is 2.86 bits per heavy atom. The average molecular weight is 397 g/mol. The van der Waals surface area contributed by atoms with E-state index < -0.39 is 11.6 Å². The molecule has 1 aliphatic rings. The molecule has 0 bridgehead atoms. The number of aromatic nitrogens is 2. The van der Waals surface area contributed by atoms with Crippen molar-refractivity contribution in [1.29, 1.82) is 0 Å². The lowest BCUT2D eigenvalue weighted by atomic mass is 10.0. The summed E-state index contributed by atoms with van der Waals surface area (Å²) in [5.41, 5.74) is 6.13. The molecule has 3 rings (SSSR count). The summed E-state index contributed by atoms with van der Waals surface area (Å²) in [4.78, 5) is 23.7. The lowest BCUT2D eigenvalue weighted by Gasteiger charge is -2.35. The molecule has 0 aromatic carbocycles. The predicted molar refractivity (Wildman–Crippen MR) is 115 cm³/mol. The maximum absolute atomic E-state index is 14.0. The highest BCUT2D eigenvalue weighted by Gasteiger charge is 2.24. The van der Waals surface area contributed by atoms with Crippen molar-refractivity contribution in [2.24, 2.45) is 5.92 Å². The van der Waals surface area contributed by atoms with E-state index in [1.807, 2.05) is 0 Å². The summed E-state index contributed by atoms with van der Waals surface area (Å²) in [5.74, 6) is 0.227. The van der Waals surface area contributed by atoms with Gasteiger partial charge in [0.05, 0.1) is 5.56 Å². The highest BCUT2D eigenvalue weighted by atomic mass is 19.1. The number of hydrogen-bond donors (Lipinski definition) is 2. The molecule has 1 fully saturated rings. The van der Waals surface area contributed by atoms with E-state index in [2.05, 4.69) is 40.6 Å². The van der Waals surface area contributed by atoms with Crippen LogP contribution in [0.15, 0.2) is 37.0 Å². The number of pyridine rings is 2. The molecule has 2 aromatic heterocycles. The predicted octanol–water partition coefficient (Wildman–Crippen LogP) is 3.44. The largest absolute Gasteiger partial charge is 0.383 e. The van der Waals surface area contributed by atoms with E-state index in [1.54, 1.807) is 24.3 Å². The van der Waals surface area contributed by atoms with Gasteiger partial charge in [-0.3, -0.25) is 4.79 Å². The smallest absolute Gasteiger partial charge is 0.215 e. The Balaban J connectivity index is 1.90. The van der Waals surface area contributed by atoms with Gasteiger partial charge in [0.2, 0.25) is 5.78 Å². The molecule has 1 atom stereocenters. The minimum atomic E-state index is -0.704. The summed E-state index contributed by atoms with van der Waals surface area (Å²) in [6.45, 7) is 10.2. The van der Waals surface area contributed by atoms with Gasteiger partial charge >= 0.3 is 0 Å². The van der Waals surface area contributed by atoms with Crippen molar-refractivity contribution in [3.63, 3.8) is 0 Å². The number of halogens is 1. The Morgan fingerprint density at radius 2 is 2.17 bits per heavy atom. The van der Waals surface area contributed by atoms with Gasteiger partial charge in [-0.15, -0.1) is 0 Å². The zero-order valence-electron chi connectivity index (χ0n) is 17.0. The van der Waals surface area contributed by atoms with Crippen molar-refractivity contribution in [3.8, 4) is 0 Å². The van der Waals surface area contributed by atoms with Gasteiger partial charge in [0.1, 0.15) is 23.2 Å². The average Bonchev–Trinajstić information content (AvgIpc) is 2.72. The van der Waals surface area contributed by atoms with Gasteiger partial charge in [-0.05, 0) is 43.0 Å². The SMILES string of the molecule is C=C(F)c1ccc(N2CCN[C@@H](CCC(C)C)C2)nc1C(=O)c1cccnc1N. The van der Waals surface area contributed by atoms with E-state index >= 15 is 0 Å². The first-order chi connectivity index (χ1) is 13.9. The third-order valence-corrected chi connectivity index (χ3v) is 5.14. The first kappa shape index (κ1) is 20.9. The number of piperazine rings is 1. The van der Waals surface area contributed by atoms with Crippen LogP contribution in [0.25, 0.3) is 5.83 Å². The minimum Gasteiger partial charge on any atom is -0.383 e. The van der Waals surface area contributed by atoms with Crippen LogP contribution in [0.1, 0.15) is 48.3 Å². The molecule has 1 saturated heterocycles. The summed E-state index contributed by atoms with van der Waals surface area (Å²) in [5, 5.41) is 3.54. The van der Waals surface area contributed by atoms with Crippen LogP contribution in [0.3, 0.4) is 0 Å². The van der Waals surface area contributed by atoms with Crippen molar-refractivity contribution in [3.05, 3.63) is 53.9 Å². The van der Waals surface area contributed by atoms with Crippen molar-refractivity contribution in [2.75, 3.05) is 30.3 Å². The van der Waals surface area contributed by atoms with Crippen LogP contribution in [-0.2, 0) is 0 Å². The zero-order valence-corrected chi connectivity index (χ0v) is 17.0.